The van der Waals surface area contributed by atoms with Crippen molar-refractivity contribution in [2.24, 2.45) is 5.92 Å². The molecule has 0 radical (unpaired) electrons. The molecule has 25 heavy (non-hydrogen) atoms. The number of halogens is 2. The Bertz CT molecular complexity index is 615. The van der Waals surface area contributed by atoms with Crippen LogP contribution < -0.4 is 0 Å². The van der Waals surface area contributed by atoms with Crippen LogP contribution in [0, 0.1) is 11.7 Å². The first-order valence-corrected chi connectivity index (χ1v) is 9.87. The number of amides is 1. The van der Waals surface area contributed by atoms with Crippen LogP contribution in [0.4, 0.5) is 4.39 Å². The van der Waals surface area contributed by atoms with E-state index in [1.165, 1.54) is 18.9 Å². The molecule has 2 aliphatic rings. The van der Waals surface area contributed by atoms with E-state index in [1.807, 2.05) is 24.1 Å². The Labute approximate surface area is 158 Å². The van der Waals surface area contributed by atoms with Gasteiger partial charge >= 0.3 is 0 Å². The van der Waals surface area contributed by atoms with E-state index in [0.29, 0.717) is 25.0 Å². The van der Waals surface area contributed by atoms with E-state index in [4.69, 9.17) is 0 Å². The first-order chi connectivity index (χ1) is 11.9. The molecule has 1 heterocycles. The molecule has 0 N–H and O–H groups in total. The average molecular weight is 412 g/mol. The summed E-state index contributed by atoms with van der Waals surface area (Å²) in [6.07, 6.45) is 2.51. The summed E-state index contributed by atoms with van der Waals surface area (Å²) in [5.41, 5.74) is 0.728. The van der Waals surface area contributed by atoms with Crippen LogP contribution in [0.15, 0.2) is 22.7 Å². The molecule has 0 aromatic heterocycles. The molecular weight excluding hydrogens is 385 g/mol. The van der Waals surface area contributed by atoms with E-state index in [9.17, 15) is 9.18 Å². The molecule has 4 nitrogen and oxygen atoms in total. The van der Waals surface area contributed by atoms with Crippen LogP contribution in [-0.2, 0) is 11.3 Å². The van der Waals surface area contributed by atoms with E-state index in [-0.39, 0.29) is 11.7 Å². The van der Waals surface area contributed by atoms with Gasteiger partial charge in [0.15, 0.2) is 0 Å². The van der Waals surface area contributed by atoms with Crippen molar-refractivity contribution in [3.05, 3.63) is 34.1 Å². The molecule has 3 rings (SSSR count). The minimum Gasteiger partial charge on any atom is -0.342 e. The Morgan fingerprint density at radius 1 is 1.28 bits per heavy atom. The second-order valence-electron chi connectivity index (χ2n) is 7.37. The van der Waals surface area contributed by atoms with Gasteiger partial charge in [0.05, 0.1) is 6.54 Å². The minimum atomic E-state index is -0.164. The molecule has 0 bridgehead atoms. The minimum absolute atomic E-state index is 0.164. The summed E-state index contributed by atoms with van der Waals surface area (Å²) in [6, 6.07) is 5.59. The van der Waals surface area contributed by atoms with E-state index >= 15 is 0 Å². The Morgan fingerprint density at radius 2 is 1.92 bits per heavy atom. The van der Waals surface area contributed by atoms with Crippen LogP contribution >= 0.6 is 15.9 Å². The van der Waals surface area contributed by atoms with E-state index in [2.05, 4.69) is 32.7 Å². The number of hydrogen-bond acceptors (Lipinski definition) is 3. The molecule has 138 valence electrons. The van der Waals surface area contributed by atoms with E-state index in [1.54, 1.807) is 0 Å². The Balaban J connectivity index is 1.44. The molecule has 1 aromatic carbocycles. The molecule has 1 aliphatic carbocycles. The third-order valence-corrected chi connectivity index (χ3v) is 6.03. The summed E-state index contributed by atoms with van der Waals surface area (Å²) in [6.45, 7) is 6.72. The largest absolute Gasteiger partial charge is 0.342 e. The molecule has 2 fully saturated rings. The smallest absolute Gasteiger partial charge is 0.236 e. The van der Waals surface area contributed by atoms with Gasteiger partial charge in [-0.05, 0) is 37.8 Å². The number of hydrogen-bond donors (Lipinski definition) is 0. The Hall–Kier alpha value is -0.980. The number of carbonyl (C=O) groups excluding carboxylic acids is 1. The molecule has 1 aromatic rings. The van der Waals surface area contributed by atoms with Gasteiger partial charge in [0.25, 0.3) is 0 Å². The highest BCUT2D eigenvalue weighted by Crippen LogP contribution is 2.34. The predicted molar refractivity (Wildman–Crippen MR) is 101 cm³/mol. The summed E-state index contributed by atoms with van der Waals surface area (Å²) in [5, 5.41) is 0. The summed E-state index contributed by atoms with van der Waals surface area (Å²) in [7, 11) is 1.93. The molecule has 1 saturated carbocycles. The molecule has 0 spiro atoms. The zero-order valence-corrected chi connectivity index (χ0v) is 16.6. The fourth-order valence-corrected chi connectivity index (χ4v) is 3.75. The molecule has 6 heteroatoms. The van der Waals surface area contributed by atoms with Crippen molar-refractivity contribution in [3.63, 3.8) is 0 Å². The van der Waals surface area contributed by atoms with Crippen molar-refractivity contribution < 1.29 is 9.18 Å². The normalized spacial score (nSPS) is 20.5. The van der Waals surface area contributed by atoms with Gasteiger partial charge in [-0.2, -0.15) is 0 Å². The number of piperazine rings is 1. The van der Waals surface area contributed by atoms with Crippen molar-refractivity contribution >= 4 is 21.8 Å². The fourth-order valence-electron chi connectivity index (χ4n) is 3.42. The van der Waals surface area contributed by atoms with Crippen LogP contribution in [0.25, 0.3) is 0 Å². The summed E-state index contributed by atoms with van der Waals surface area (Å²) < 4.78 is 14.7. The van der Waals surface area contributed by atoms with Crippen molar-refractivity contribution in [3.8, 4) is 0 Å². The van der Waals surface area contributed by atoms with Crippen LogP contribution in [0.3, 0.4) is 0 Å². The number of likely N-dealkylation sites (N-methyl/N-ethyl adjacent to an activating group) is 1. The van der Waals surface area contributed by atoms with Crippen LogP contribution in [0.2, 0.25) is 0 Å². The van der Waals surface area contributed by atoms with Crippen LogP contribution in [-0.4, -0.2) is 66.4 Å². The zero-order valence-electron chi connectivity index (χ0n) is 15.0. The van der Waals surface area contributed by atoms with Gasteiger partial charge in [-0.15, -0.1) is 0 Å². The molecule has 1 amide bonds. The highest BCUT2D eigenvalue weighted by molar-refractivity contribution is 9.10. The van der Waals surface area contributed by atoms with Crippen molar-refractivity contribution in [2.45, 2.75) is 32.4 Å². The van der Waals surface area contributed by atoms with Gasteiger partial charge in [-0.3, -0.25) is 14.6 Å². The highest BCUT2D eigenvalue weighted by Gasteiger charge is 2.33. The predicted octanol–water partition coefficient (Wildman–Crippen LogP) is 2.96. The first kappa shape index (κ1) is 18.8. The van der Waals surface area contributed by atoms with Crippen LogP contribution in [0.5, 0.6) is 0 Å². The summed E-state index contributed by atoms with van der Waals surface area (Å²) in [4.78, 5) is 18.8. The van der Waals surface area contributed by atoms with Gasteiger partial charge in [0.2, 0.25) is 5.91 Å². The highest BCUT2D eigenvalue weighted by atomic mass is 79.9. The lowest BCUT2D eigenvalue weighted by Crippen LogP contribution is -2.50. The van der Waals surface area contributed by atoms with Gasteiger partial charge in [0, 0.05) is 55.8 Å². The third kappa shape index (κ3) is 5.02. The Kier molecular flexibility index (Phi) is 6.12. The summed E-state index contributed by atoms with van der Waals surface area (Å²) >= 11 is 3.29. The van der Waals surface area contributed by atoms with E-state index < -0.39 is 0 Å². The van der Waals surface area contributed by atoms with Crippen molar-refractivity contribution in [2.75, 3.05) is 39.8 Å². The SMILES string of the molecule is C[C@@H](C1CC1)N(C)C(=O)CN1CCN(Cc2ccc(Br)cc2F)CC1. The topological polar surface area (TPSA) is 26.8 Å². The lowest BCUT2D eigenvalue weighted by Gasteiger charge is -2.35. The molecular formula is C19H27BrFN3O. The Morgan fingerprint density at radius 3 is 2.52 bits per heavy atom. The maximum atomic E-state index is 14.0. The van der Waals surface area contributed by atoms with Gasteiger partial charge in [0.1, 0.15) is 5.82 Å². The monoisotopic (exact) mass is 411 g/mol. The van der Waals surface area contributed by atoms with Crippen molar-refractivity contribution in [1.29, 1.82) is 0 Å². The lowest BCUT2D eigenvalue weighted by molar-refractivity contribution is -0.133. The molecule has 0 unspecified atom stereocenters. The maximum Gasteiger partial charge on any atom is 0.236 e. The number of carbonyl (C=O) groups is 1. The maximum absolute atomic E-state index is 14.0. The second kappa shape index (κ2) is 8.14. The standard InChI is InChI=1S/C19H27BrFN3O/c1-14(15-3-4-15)22(2)19(25)13-24-9-7-23(8-10-24)12-16-5-6-17(20)11-18(16)21/h5-6,11,14-15H,3-4,7-10,12-13H2,1-2H3/t14-/m0/s1. The molecule has 1 saturated heterocycles. The summed E-state index contributed by atoms with van der Waals surface area (Å²) in [5.74, 6) is 0.751. The number of benzene rings is 1. The third-order valence-electron chi connectivity index (χ3n) is 5.54. The lowest BCUT2D eigenvalue weighted by atomic mass is 10.1. The average Bonchev–Trinajstić information content (AvgIpc) is 3.42. The number of rotatable bonds is 6. The van der Waals surface area contributed by atoms with Gasteiger partial charge in [-0.25, -0.2) is 4.39 Å². The quantitative estimate of drug-likeness (QED) is 0.719. The van der Waals surface area contributed by atoms with Crippen molar-refractivity contribution in [1.82, 2.24) is 14.7 Å². The van der Waals surface area contributed by atoms with Gasteiger partial charge < -0.3 is 4.90 Å². The molecule has 1 atom stereocenters. The number of nitrogens with zero attached hydrogens (tertiary/aromatic N) is 3. The first-order valence-electron chi connectivity index (χ1n) is 9.08. The molecule has 1 aliphatic heterocycles. The second-order valence-corrected chi connectivity index (χ2v) is 8.29. The fraction of sp³-hybridized carbons (Fsp3) is 0.632. The van der Waals surface area contributed by atoms with Crippen LogP contribution in [0.1, 0.15) is 25.3 Å². The van der Waals surface area contributed by atoms with Gasteiger partial charge in [-0.1, -0.05) is 22.0 Å². The zero-order chi connectivity index (χ0) is 18.0. The van der Waals surface area contributed by atoms with E-state index in [0.717, 1.165) is 36.2 Å².